The van der Waals surface area contributed by atoms with Crippen molar-refractivity contribution in [2.75, 3.05) is 13.6 Å². The molecule has 0 fully saturated rings. The van der Waals surface area contributed by atoms with Crippen LogP contribution < -0.4 is 5.73 Å². The molecule has 2 N–H and O–H groups in total. The zero-order valence-electron chi connectivity index (χ0n) is 11.3. The van der Waals surface area contributed by atoms with E-state index in [1.807, 2.05) is 6.07 Å². The van der Waals surface area contributed by atoms with Crippen LogP contribution in [0.25, 0.3) is 0 Å². The minimum atomic E-state index is -0.215. The van der Waals surface area contributed by atoms with E-state index in [2.05, 4.69) is 32.7 Å². The molecule has 0 aliphatic carbocycles. The first-order chi connectivity index (χ1) is 7.81. The van der Waals surface area contributed by atoms with Crippen LogP contribution in [0.3, 0.4) is 0 Å². The second-order valence-corrected chi connectivity index (χ2v) is 5.85. The molecule has 0 aliphatic heterocycles. The lowest BCUT2D eigenvalue weighted by Gasteiger charge is -2.27. The molecule has 0 aliphatic rings. The van der Waals surface area contributed by atoms with E-state index in [4.69, 9.17) is 5.73 Å². The molecule has 17 heavy (non-hydrogen) atoms. The van der Waals surface area contributed by atoms with Crippen LogP contribution in [0.1, 0.15) is 31.9 Å². The van der Waals surface area contributed by atoms with Crippen molar-refractivity contribution in [3.63, 3.8) is 0 Å². The van der Waals surface area contributed by atoms with Crippen molar-refractivity contribution < 1.29 is 4.39 Å². The summed E-state index contributed by atoms with van der Waals surface area (Å²) >= 11 is 0. The van der Waals surface area contributed by atoms with E-state index < -0.39 is 0 Å². The maximum absolute atomic E-state index is 13.1. The van der Waals surface area contributed by atoms with E-state index in [1.54, 1.807) is 0 Å². The number of nitrogens with two attached hydrogens (primary N) is 1. The lowest BCUT2D eigenvalue weighted by Crippen LogP contribution is -2.29. The highest BCUT2D eigenvalue weighted by Crippen LogP contribution is 2.18. The number of hydrogen-bond acceptors (Lipinski definition) is 2. The average Bonchev–Trinajstić information content (AvgIpc) is 2.17. The average molecular weight is 238 g/mol. The van der Waals surface area contributed by atoms with Crippen LogP contribution in [-0.4, -0.2) is 18.5 Å². The van der Waals surface area contributed by atoms with E-state index in [1.165, 1.54) is 12.1 Å². The molecule has 1 aromatic carbocycles. The fourth-order valence-electron chi connectivity index (χ4n) is 2.10. The van der Waals surface area contributed by atoms with Gasteiger partial charge in [-0.2, -0.15) is 0 Å². The second kappa shape index (κ2) is 5.61. The Morgan fingerprint density at radius 2 is 1.88 bits per heavy atom. The van der Waals surface area contributed by atoms with Gasteiger partial charge in [0.05, 0.1) is 0 Å². The molecule has 0 saturated carbocycles. The predicted molar refractivity (Wildman–Crippen MR) is 70.1 cm³/mol. The Balaban J connectivity index is 2.74. The van der Waals surface area contributed by atoms with Crippen LogP contribution in [0.15, 0.2) is 18.2 Å². The number of rotatable bonds is 4. The van der Waals surface area contributed by atoms with Crippen molar-refractivity contribution in [1.82, 2.24) is 4.90 Å². The third-order valence-electron chi connectivity index (χ3n) is 2.57. The molecule has 0 aromatic heterocycles. The lowest BCUT2D eigenvalue weighted by molar-refractivity contribution is 0.220. The first-order valence-corrected chi connectivity index (χ1v) is 5.98. The molecule has 0 radical (unpaired) electrons. The first kappa shape index (κ1) is 14.1. The Labute approximate surface area is 104 Å². The van der Waals surface area contributed by atoms with Crippen LogP contribution >= 0.6 is 0 Å². The molecule has 1 rings (SSSR count). The third kappa shape index (κ3) is 4.84. The van der Waals surface area contributed by atoms with E-state index >= 15 is 0 Å². The zero-order chi connectivity index (χ0) is 13.1. The van der Waals surface area contributed by atoms with Gasteiger partial charge in [0, 0.05) is 19.6 Å². The first-order valence-electron chi connectivity index (χ1n) is 5.98. The smallest absolute Gasteiger partial charge is 0.123 e. The molecule has 0 saturated heterocycles. The summed E-state index contributed by atoms with van der Waals surface area (Å²) in [6.07, 6.45) is 0. The number of nitrogens with zero attached hydrogens (tertiary/aromatic N) is 1. The maximum atomic E-state index is 13.1. The third-order valence-corrected chi connectivity index (χ3v) is 2.57. The van der Waals surface area contributed by atoms with Crippen LogP contribution in [0.2, 0.25) is 0 Å². The summed E-state index contributed by atoms with van der Waals surface area (Å²) in [5.74, 6) is -0.215. The summed E-state index contributed by atoms with van der Waals surface area (Å²) in [7, 11) is 2.08. The largest absolute Gasteiger partial charge is 0.326 e. The molecule has 96 valence electrons. The van der Waals surface area contributed by atoms with Crippen LogP contribution in [-0.2, 0) is 13.1 Å². The molecule has 2 nitrogen and oxygen atoms in total. The van der Waals surface area contributed by atoms with Gasteiger partial charge in [-0.25, -0.2) is 4.39 Å². The van der Waals surface area contributed by atoms with Gasteiger partial charge in [-0.15, -0.1) is 0 Å². The van der Waals surface area contributed by atoms with Gasteiger partial charge >= 0.3 is 0 Å². The summed E-state index contributed by atoms with van der Waals surface area (Å²) in [6.45, 7) is 8.81. The van der Waals surface area contributed by atoms with E-state index in [-0.39, 0.29) is 11.2 Å². The van der Waals surface area contributed by atoms with E-state index in [9.17, 15) is 4.39 Å². The zero-order valence-corrected chi connectivity index (χ0v) is 11.3. The SMILES string of the molecule is CN(Cc1ccc(F)cc1CN)CC(C)(C)C. The lowest BCUT2D eigenvalue weighted by atomic mass is 9.96. The molecule has 0 amide bonds. The Bertz CT molecular complexity index is 369. The highest BCUT2D eigenvalue weighted by Gasteiger charge is 2.14. The molecule has 1 aromatic rings. The fourth-order valence-corrected chi connectivity index (χ4v) is 2.10. The number of benzene rings is 1. The molecule has 3 heteroatoms. The van der Waals surface area contributed by atoms with Crippen LogP contribution in [0.4, 0.5) is 4.39 Å². The van der Waals surface area contributed by atoms with Gasteiger partial charge in [-0.3, -0.25) is 0 Å². The van der Waals surface area contributed by atoms with Crippen molar-refractivity contribution in [2.45, 2.75) is 33.9 Å². The molecule has 0 heterocycles. The molecule has 0 unspecified atom stereocenters. The van der Waals surface area contributed by atoms with Crippen molar-refractivity contribution >= 4 is 0 Å². The van der Waals surface area contributed by atoms with Crippen LogP contribution in [0.5, 0.6) is 0 Å². The highest BCUT2D eigenvalue weighted by atomic mass is 19.1. The topological polar surface area (TPSA) is 29.3 Å². The normalized spacial score (nSPS) is 12.2. The second-order valence-electron chi connectivity index (χ2n) is 5.85. The van der Waals surface area contributed by atoms with Crippen molar-refractivity contribution in [3.8, 4) is 0 Å². The Morgan fingerprint density at radius 3 is 2.41 bits per heavy atom. The molecular formula is C14H23FN2. The van der Waals surface area contributed by atoms with Gasteiger partial charge in [0.25, 0.3) is 0 Å². The molecule has 0 bridgehead atoms. The number of hydrogen-bond donors (Lipinski definition) is 1. The van der Waals surface area contributed by atoms with Gasteiger partial charge in [-0.1, -0.05) is 26.8 Å². The van der Waals surface area contributed by atoms with Gasteiger partial charge in [0.1, 0.15) is 5.82 Å². The summed E-state index contributed by atoms with van der Waals surface area (Å²) in [4.78, 5) is 2.24. The van der Waals surface area contributed by atoms with Gasteiger partial charge < -0.3 is 10.6 Å². The minimum absolute atomic E-state index is 0.215. The van der Waals surface area contributed by atoms with E-state index in [0.717, 1.165) is 24.2 Å². The van der Waals surface area contributed by atoms with Gasteiger partial charge in [0.15, 0.2) is 0 Å². The standard InChI is InChI=1S/C14H23FN2/c1-14(2,3)10-17(4)9-11-5-6-13(15)7-12(11)8-16/h5-7H,8-10,16H2,1-4H3. The molecule has 0 atom stereocenters. The monoisotopic (exact) mass is 238 g/mol. The van der Waals surface area contributed by atoms with Crippen molar-refractivity contribution in [2.24, 2.45) is 11.1 Å². The maximum Gasteiger partial charge on any atom is 0.123 e. The van der Waals surface area contributed by atoms with Crippen LogP contribution in [0, 0.1) is 11.2 Å². The molecular weight excluding hydrogens is 215 g/mol. The molecule has 0 spiro atoms. The Hall–Kier alpha value is -0.930. The Kier molecular flexibility index (Phi) is 4.66. The minimum Gasteiger partial charge on any atom is -0.326 e. The summed E-state index contributed by atoms with van der Waals surface area (Å²) < 4.78 is 13.1. The van der Waals surface area contributed by atoms with Crippen molar-refractivity contribution in [3.05, 3.63) is 35.1 Å². The van der Waals surface area contributed by atoms with Gasteiger partial charge in [-0.05, 0) is 35.7 Å². The Morgan fingerprint density at radius 1 is 1.24 bits per heavy atom. The summed E-state index contributed by atoms with van der Waals surface area (Å²) in [6, 6.07) is 4.86. The summed E-state index contributed by atoms with van der Waals surface area (Å²) in [5.41, 5.74) is 7.90. The predicted octanol–water partition coefficient (Wildman–Crippen LogP) is 2.76. The number of halogens is 1. The quantitative estimate of drug-likeness (QED) is 0.874. The van der Waals surface area contributed by atoms with Gasteiger partial charge in [0.2, 0.25) is 0 Å². The van der Waals surface area contributed by atoms with Crippen molar-refractivity contribution in [1.29, 1.82) is 0 Å². The summed E-state index contributed by atoms with van der Waals surface area (Å²) in [5, 5.41) is 0. The highest BCUT2D eigenvalue weighted by molar-refractivity contribution is 5.27. The van der Waals surface area contributed by atoms with E-state index in [0.29, 0.717) is 6.54 Å². The fraction of sp³-hybridized carbons (Fsp3) is 0.571.